The quantitative estimate of drug-likeness (QED) is 0.414. The number of hydrogen-bond acceptors (Lipinski definition) is 4. The normalized spacial score (nSPS) is 11.3. The van der Waals surface area contributed by atoms with E-state index >= 15 is 0 Å². The molecule has 0 aliphatic heterocycles. The van der Waals surface area contributed by atoms with Gasteiger partial charge in [-0.3, -0.25) is 9.97 Å². The summed E-state index contributed by atoms with van der Waals surface area (Å²) in [5.41, 5.74) is 3.43. The van der Waals surface area contributed by atoms with Crippen molar-refractivity contribution in [1.82, 2.24) is 9.97 Å². The summed E-state index contributed by atoms with van der Waals surface area (Å²) in [6, 6.07) is 25.1. The molecule has 5 rings (SSSR count). The van der Waals surface area contributed by atoms with Crippen LogP contribution in [0, 0.1) is 0 Å². The summed E-state index contributed by atoms with van der Waals surface area (Å²) in [7, 11) is 0. The lowest BCUT2D eigenvalue weighted by Crippen LogP contribution is -2.05. The van der Waals surface area contributed by atoms with Crippen LogP contribution in [-0.4, -0.2) is 20.2 Å². The number of fused-ring (bicyclic) bond motifs is 2. The summed E-state index contributed by atoms with van der Waals surface area (Å²) in [6.07, 6.45) is 3.33. The molecule has 4 nitrogen and oxygen atoms in total. The second-order valence-electron chi connectivity index (χ2n) is 7.00. The van der Waals surface area contributed by atoms with Crippen molar-refractivity contribution in [2.75, 3.05) is 0 Å². The molecule has 0 spiro atoms. The van der Waals surface area contributed by atoms with E-state index in [4.69, 9.17) is 0 Å². The molecule has 0 saturated heterocycles. The van der Waals surface area contributed by atoms with Gasteiger partial charge >= 0.3 is 0 Å². The van der Waals surface area contributed by atoms with E-state index in [2.05, 4.69) is 9.97 Å². The van der Waals surface area contributed by atoms with Crippen molar-refractivity contribution < 1.29 is 10.2 Å². The van der Waals surface area contributed by atoms with Gasteiger partial charge in [-0.2, -0.15) is 0 Å². The van der Waals surface area contributed by atoms with Crippen molar-refractivity contribution >= 4 is 21.8 Å². The molecule has 4 heteroatoms. The van der Waals surface area contributed by atoms with Gasteiger partial charge in [0.1, 0.15) is 22.5 Å². The van der Waals surface area contributed by atoms with Gasteiger partial charge in [0.05, 0.1) is 0 Å². The molecule has 140 valence electrons. The van der Waals surface area contributed by atoms with Crippen molar-refractivity contribution in [3.05, 3.63) is 108 Å². The van der Waals surface area contributed by atoms with Gasteiger partial charge in [0.25, 0.3) is 0 Å². The van der Waals surface area contributed by atoms with Crippen molar-refractivity contribution in [3.63, 3.8) is 0 Å². The lowest BCUT2D eigenvalue weighted by atomic mass is 9.83. The van der Waals surface area contributed by atoms with Crippen LogP contribution in [0.2, 0.25) is 0 Å². The Morgan fingerprint density at radius 3 is 1.59 bits per heavy atom. The van der Waals surface area contributed by atoms with Crippen molar-refractivity contribution in [2.24, 2.45) is 0 Å². The second kappa shape index (κ2) is 6.91. The molecule has 0 bridgehead atoms. The third-order valence-corrected chi connectivity index (χ3v) is 5.31. The Hall–Kier alpha value is -3.92. The van der Waals surface area contributed by atoms with Gasteiger partial charge in [-0.15, -0.1) is 0 Å². The first-order chi connectivity index (χ1) is 14.2. The van der Waals surface area contributed by atoms with Gasteiger partial charge in [-0.05, 0) is 17.7 Å². The topological polar surface area (TPSA) is 66.2 Å². The molecule has 3 aromatic carbocycles. The molecule has 0 aliphatic carbocycles. The molecule has 0 aliphatic rings. The zero-order valence-corrected chi connectivity index (χ0v) is 15.5. The molecular weight excluding hydrogens is 360 g/mol. The van der Waals surface area contributed by atoms with Crippen LogP contribution < -0.4 is 0 Å². The van der Waals surface area contributed by atoms with E-state index < -0.39 is 0 Å². The molecule has 0 amide bonds. The highest BCUT2D eigenvalue weighted by Crippen LogP contribution is 2.43. The van der Waals surface area contributed by atoms with Crippen LogP contribution in [0.1, 0.15) is 22.6 Å². The molecule has 0 saturated carbocycles. The molecule has 29 heavy (non-hydrogen) atoms. The minimum Gasteiger partial charge on any atom is -0.505 e. The second-order valence-corrected chi connectivity index (χ2v) is 7.00. The van der Waals surface area contributed by atoms with E-state index in [1.807, 2.05) is 78.9 Å². The molecule has 2 aromatic heterocycles. The number of aromatic hydroxyl groups is 2. The van der Waals surface area contributed by atoms with E-state index in [-0.39, 0.29) is 17.4 Å². The van der Waals surface area contributed by atoms with Crippen LogP contribution in [-0.2, 0) is 0 Å². The number of phenolic OH excluding ortho intramolecular Hbond substituents is 2. The predicted molar refractivity (Wildman–Crippen MR) is 114 cm³/mol. The number of rotatable bonds is 3. The molecule has 0 radical (unpaired) electrons. The first-order valence-electron chi connectivity index (χ1n) is 9.42. The smallest absolute Gasteiger partial charge is 0.145 e. The molecule has 2 heterocycles. The van der Waals surface area contributed by atoms with Crippen LogP contribution in [0.5, 0.6) is 11.5 Å². The molecule has 2 N–H and O–H groups in total. The highest BCUT2D eigenvalue weighted by Gasteiger charge is 2.25. The average molecular weight is 378 g/mol. The third-order valence-electron chi connectivity index (χ3n) is 5.31. The maximum atomic E-state index is 11.1. The lowest BCUT2D eigenvalue weighted by molar-refractivity contribution is 0.464. The summed E-state index contributed by atoms with van der Waals surface area (Å²) in [4.78, 5) is 8.72. The molecule has 0 fully saturated rings. The third kappa shape index (κ3) is 2.86. The van der Waals surface area contributed by atoms with Crippen molar-refractivity contribution in [1.29, 1.82) is 0 Å². The lowest BCUT2D eigenvalue weighted by Gasteiger charge is -2.22. The van der Waals surface area contributed by atoms with Crippen molar-refractivity contribution in [3.8, 4) is 11.5 Å². The van der Waals surface area contributed by atoms with E-state index in [1.165, 1.54) is 0 Å². The van der Waals surface area contributed by atoms with E-state index in [0.29, 0.717) is 22.2 Å². The summed E-state index contributed by atoms with van der Waals surface area (Å²) < 4.78 is 0. The van der Waals surface area contributed by atoms with Gasteiger partial charge in [0, 0.05) is 40.2 Å². The Labute approximate surface area is 167 Å². The number of pyridine rings is 2. The molecule has 5 aromatic rings. The van der Waals surface area contributed by atoms with E-state index in [1.54, 1.807) is 12.4 Å². The van der Waals surface area contributed by atoms with Crippen LogP contribution in [0.3, 0.4) is 0 Å². The highest BCUT2D eigenvalue weighted by atomic mass is 16.3. The fraction of sp³-hybridized carbons (Fsp3) is 0.0400. The number of benzene rings is 3. The van der Waals surface area contributed by atoms with Gasteiger partial charge in [-0.25, -0.2) is 0 Å². The van der Waals surface area contributed by atoms with Crippen molar-refractivity contribution in [2.45, 2.75) is 5.92 Å². The van der Waals surface area contributed by atoms with Crippen LogP contribution in [0.25, 0.3) is 21.8 Å². The summed E-state index contributed by atoms with van der Waals surface area (Å²) >= 11 is 0. The number of aromatic nitrogens is 2. The summed E-state index contributed by atoms with van der Waals surface area (Å²) in [5.74, 6) is -0.121. The van der Waals surface area contributed by atoms with Crippen LogP contribution >= 0.6 is 0 Å². The zero-order chi connectivity index (χ0) is 19.8. The molecule has 0 unspecified atom stereocenters. The standard InChI is InChI=1S/C25H18N2O2/c28-24-19(12-10-17-8-4-14-26-22(17)24)21(16-6-2-1-3-7-16)20-13-11-18-9-5-15-27-23(18)25(20)29/h1-15,21,28-29H. The van der Waals surface area contributed by atoms with Crippen LogP contribution in [0.4, 0.5) is 0 Å². The van der Waals surface area contributed by atoms with E-state index in [0.717, 1.165) is 16.3 Å². The fourth-order valence-corrected chi connectivity index (χ4v) is 3.93. The predicted octanol–water partition coefficient (Wildman–Crippen LogP) is 5.37. The van der Waals surface area contributed by atoms with E-state index in [9.17, 15) is 10.2 Å². The minimum atomic E-state index is -0.367. The zero-order valence-electron chi connectivity index (χ0n) is 15.5. The first-order valence-corrected chi connectivity index (χ1v) is 9.42. The Kier molecular flexibility index (Phi) is 4.10. The molecular formula is C25H18N2O2. The Balaban J connectivity index is 1.81. The maximum absolute atomic E-state index is 11.1. The maximum Gasteiger partial charge on any atom is 0.145 e. The monoisotopic (exact) mass is 378 g/mol. The van der Waals surface area contributed by atoms with Gasteiger partial charge in [-0.1, -0.05) is 66.7 Å². The number of nitrogens with zero attached hydrogens (tertiary/aromatic N) is 2. The van der Waals surface area contributed by atoms with Gasteiger partial charge < -0.3 is 10.2 Å². The fourth-order valence-electron chi connectivity index (χ4n) is 3.93. The van der Waals surface area contributed by atoms with Gasteiger partial charge in [0.15, 0.2) is 0 Å². The highest BCUT2D eigenvalue weighted by molar-refractivity contribution is 5.88. The van der Waals surface area contributed by atoms with Gasteiger partial charge in [0.2, 0.25) is 0 Å². The Morgan fingerprint density at radius 2 is 1.07 bits per heavy atom. The number of hydrogen-bond donors (Lipinski definition) is 2. The first kappa shape index (κ1) is 17.2. The minimum absolute atomic E-state index is 0.123. The Bertz CT molecular complexity index is 1250. The summed E-state index contributed by atoms with van der Waals surface area (Å²) in [6.45, 7) is 0. The molecule has 0 atom stereocenters. The van der Waals surface area contributed by atoms with Crippen LogP contribution in [0.15, 0.2) is 91.3 Å². The average Bonchev–Trinajstić information content (AvgIpc) is 2.78. The Morgan fingerprint density at radius 1 is 0.552 bits per heavy atom. The largest absolute Gasteiger partial charge is 0.505 e. The SMILES string of the molecule is Oc1c(C(c2ccccc2)c2ccc3cccnc3c2O)ccc2cccnc12. The summed E-state index contributed by atoms with van der Waals surface area (Å²) in [5, 5.41) is 23.9. The number of phenols is 2.